The molecule has 3 saturated carbocycles. The Balaban J connectivity index is 0.926. The minimum atomic E-state index is -1.40. The number of hydrogen-bond acceptors (Lipinski definition) is 9. The molecule has 0 bridgehead atoms. The molecule has 274 valence electrons. The van der Waals surface area contributed by atoms with Gasteiger partial charge in [-0.1, -0.05) is 87.4 Å². The Hall–Kier alpha value is -4.12. The Bertz CT molecular complexity index is 1820. The lowest BCUT2D eigenvalue weighted by atomic mass is 9.46. The summed E-state index contributed by atoms with van der Waals surface area (Å²) < 4.78 is 24.1. The Morgan fingerprint density at radius 2 is 1.73 bits per heavy atom. The molecule has 4 fully saturated rings. The number of carbonyl (C=O) groups is 4. The van der Waals surface area contributed by atoms with E-state index in [9.17, 15) is 24.3 Å². The van der Waals surface area contributed by atoms with E-state index in [4.69, 9.17) is 18.9 Å². The van der Waals surface area contributed by atoms with E-state index in [2.05, 4.69) is 24.4 Å². The van der Waals surface area contributed by atoms with Gasteiger partial charge in [-0.2, -0.15) is 0 Å². The number of esters is 1. The predicted octanol–water partition coefficient (Wildman–Crippen LogP) is 5.81. The van der Waals surface area contributed by atoms with Crippen LogP contribution in [-0.4, -0.2) is 72.6 Å². The fraction of sp³-hybridized carbons (Fsp3) is 0.524. The molecule has 52 heavy (non-hydrogen) atoms. The number of benzene rings is 2. The molecule has 2 aromatic carbocycles. The minimum Gasteiger partial charge on any atom is -0.456 e. The first kappa shape index (κ1) is 34.9. The van der Waals surface area contributed by atoms with E-state index in [-0.39, 0.29) is 36.1 Å². The van der Waals surface area contributed by atoms with Gasteiger partial charge in [-0.3, -0.25) is 14.4 Å². The molecule has 8 rings (SSSR count). The average Bonchev–Trinajstić information content (AvgIpc) is 3.74. The second-order valence-corrected chi connectivity index (χ2v) is 15.9. The first-order valence-corrected chi connectivity index (χ1v) is 18.7. The smallest absolute Gasteiger partial charge is 0.407 e. The van der Waals surface area contributed by atoms with Crippen molar-refractivity contribution < 1.29 is 43.2 Å². The summed E-state index contributed by atoms with van der Waals surface area (Å²) in [7, 11) is 0. The van der Waals surface area contributed by atoms with Crippen molar-refractivity contribution in [2.45, 2.75) is 89.3 Å². The molecule has 0 radical (unpaired) electrons. The summed E-state index contributed by atoms with van der Waals surface area (Å²) in [6.07, 6.45) is 6.49. The van der Waals surface area contributed by atoms with E-state index in [1.807, 2.05) is 56.3 Å². The number of hydrogen-bond donors (Lipinski definition) is 2. The van der Waals surface area contributed by atoms with Crippen LogP contribution in [0.1, 0.15) is 76.3 Å². The van der Waals surface area contributed by atoms with Gasteiger partial charge in [-0.25, -0.2) is 4.79 Å². The highest BCUT2D eigenvalue weighted by molar-refractivity contribution is 6.01. The average molecular weight is 710 g/mol. The van der Waals surface area contributed by atoms with E-state index in [0.717, 1.165) is 47.1 Å². The molecule has 1 amide bonds. The Morgan fingerprint density at radius 1 is 1.02 bits per heavy atom. The number of ketones is 2. The summed E-state index contributed by atoms with van der Waals surface area (Å²) in [4.78, 5) is 52.3. The maximum Gasteiger partial charge on any atom is 0.407 e. The van der Waals surface area contributed by atoms with Gasteiger partial charge in [-0.15, -0.1) is 0 Å². The normalized spacial score (nSPS) is 35.3. The van der Waals surface area contributed by atoms with Gasteiger partial charge in [0.1, 0.15) is 13.2 Å². The van der Waals surface area contributed by atoms with Crippen molar-refractivity contribution in [3.05, 3.63) is 83.5 Å². The van der Waals surface area contributed by atoms with Crippen LogP contribution < -0.4 is 5.32 Å². The molecule has 2 N–H and O–H groups in total. The SMILES string of the molecule is CCC[C@@H]1O[C@@H]2C[C@H]3[C@@H]4CCC5=CC(=O)C=C[C@]5(C)[C@H]4[C@@H](O)C[C@]3(C)[C@]2(C(=O)COC(=O)CNC(=O)OCC2c3ccccc3-c3ccccc32)O1. The van der Waals surface area contributed by atoms with Crippen LogP contribution in [0.3, 0.4) is 0 Å². The van der Waals surface area contributed by atoms with Gasteiger partial charge in [0.2, 0.25) is 5.78 Å². The van der Waals surface area contributed by atoms with E-state index in [1.54, 1.807) is 12.2 Å². The van der Waals surface area contributed by atoms with Crippen LogP contribution in [0.4, 0.5) is 4.79 Å². The van der Waals surface area contributed by atoms with Crippen LogP contribution in [0.2, 0.25) is 0 Å². The summed E-state index contributed by atoms with van der Waals surface area (Å²) in [6, 6.07) is 16.1. The summed E-state index contributed by atoms with van der Waals surface area (Å²) >= 11 is 0. The van der Waals surface area contributed by atoms with Crippen molar-refractivity contribution in [2.75, 3.05) is 19.8 Å². The molecule has 0 unspecified atom stereocenters. The zero-order valence-corrected chi connectivity index (χ0v) is 30.0. The second kappa shape index (κ2) is 13.1. The predicted molar refractivity (Wildman–Crippen MR) is 190 cm³/mol. The minimum absolute atomic E-state index is 0.00719. The maximum absolute atomic E-state index is 14.4. The third kappa shape index (κ3) is 5.31. The highest BCUT2D eigenvalue weighted by Gasteiger charge is 2.75. The third-order valence-electron chi connectivity index (χ3n) is 13.3. The topological polar surface area (TPSA) is 137 Å². The molecule has 5 aliphatic carbocycles. The maximum atomic E-state index is 14.4. The highest BCUT2D eigenvalue weighted by Crippen LogP contribution is 2.69. The van der Waals surface area contributed by atoms with Gasteiger partial charge in [0.25, 0.3) is 0 Å². The molecule has 1 heterocycles. The first-order valence-electron chi connectivity index (χ1n) is 18.7. The van der Waals surface area contributed by atoms with Gasteiger partial charge in [0.15, 0.2) is 24.3 Å². The Kier molecular flexibility index (Phi) is 8.78. The van der Waals surface area contributed by atoms with Gasteiger partial charge >= 0.3 is 12.1 Å². The van der Waals surface area contributed by atoms with Crippen LogP contribution in [0, 0.1) is 28.6 Å². The zero-order valence-electron chi connectivity index (χ0n) is 30.0. The molecule has 9 atom stereocenters. The molecule has 10 nitrogen and oxygen atoms in total. The van der Waals surface area contributed by atoms with E-state index in [0.29, 0.717) is 19.3 Å². The number of Topliss-reactive ketones (excluding diaryl/α,β-unsaturated/α-hetero) is 1. The van der Waals surface area contributed by atoms with Crippen LogP contribution in [0.5, 0.6) is 0 Å². The largest absolute Gasteiger partial charge is 0.456 e. The number of aliphatic hydroxyl groups excluding tert-OH is 1. The molecular formula is C42H47NO9. The number of amides is 1. The summed E-state index contributed by atoms with van der Waals surface area (Å²) in [5, 5.41) is 14.4. The van der Waals surface area contributed by atoms with Crippen LogP contribution in [0.15, 0.2) is 72.3 Å². The molecule has 0 spiro atoms. The van der Waals surface area contributed by atoms with E-state index < -0.39 is 65.9 Å². The fourth-order valence-electron chi connectivity index (χ4n) is 11.1. The number of nitrogens with one attached hydrogen (secondary N) is 1. The molecule has 2 aromatic rings. The molecule has 1 saturated heterocycles. The number of ether oxygens (including phenoxy) is 4. The van der Waals surface area contributed by atoms with Crippen LogP contribution in [0.25, 0.3) is 11.1 Å². The molecule has 6 aliphatic rings. The quantitative estimate of drug-likeness (QED) is 0.309. The lowest BCUT2D eigenvalue weighted by Gasteiger charge is -2.59. The molecular weight excluding hydrogens is 662 g/mol. The van der Waals surface area contributed by atoms with Gasteiger partial charge < -0.3 is 29.4 Å². The molecule has 0 aromatic heterocycles. The zero-order chi connectivity index (χ0) is 36.4. The van der Waals surface area contributed by atoms with Crippen LogP contribution >= 0.6 is 0 Å². The number of aliphatic hydroxyl groups is 1. The fourth-order valence-corrected chi connectivity index (χ4v) is 11.1. The Morgan fingerprint density at radius 3 is 2.44 bits per heavy atom. The molecule has 1 aliphatic heterocycles. The van der Waals surface area contributed by atoms with E-state index in [1.165, 1.54) is 0 Å². The number of fused-ring (bicyclic) bond motifs is 10. The number of carbonyl (C=O) groups excluding carboxylic acids is 4. The van der Waals surface area contributed by atoms with Gasteiger partial charge in [0, 0.05) is 22.7 Å². The number of rotatable bonds is 9. The van der Waals surface area contributed by atoms with Crippen molar-refractivity contribution in [2.24, 2.45) is 28.6 Å². The summed E-state index contributed by atoms with van der Waals surface area (Å²) in [5.74, 6) is -1.35. The van der Waals surface area contributed by atoms with Crippen LogP contribution in [-0.2, 0) is 33.3 Å². The standard InChI is InChI=1S/C42H47NO9/c1-4-9-37-51-35-19-32-30-15-14-24-18-25(44)16-17-40(24,2)38(30)33(45)20-41(32,3)42(35,52-37)34(46)23-49-36(47)21-43-39(48)50-22-31-28-12-7-5-10-26(28)27-11-6-8-13-29(27)31/h5-8,10-13,16-18,30-33,35,37-38,45H,4,9,14-15,19-23H2,1-3H3,(H,43,48)/t30-,32-,33-,35+,37+,38+,40-,41-,42+/m0/s1. The highest BCUT2D eigenvalue weighted by atomic mass is 16.7. The van der Waals surface area contributed by atoms with Gasteiger partial charge in [-0.05, 0) is 78.3 Å². The lowest BCUT2D eigenvalue weighted by Crippen LogP contribution is -2.63. The van der Waals surface area contributed by atoms with Crippen molar-refractivity contribution in [3.63, 3.8) is 0 Å². The summed E-state index contributed by atoms with van der Waals surface area (Å²) in [6.45, 7) is 5.25. The van der Waals surface area contributed by atoms with Gasteiger partial charge in [0.05, 0.1) is 12.2 Å². The number of alkyl carbamates (subject to hydrolysis) is 1. The third-order valence-corrected chi connectivity index (χ3v) is 13.3. The summed E-state index contributed by atoms with van der Waals surface area (Å²) in [5.41, 5.74) is 2.81. The molecule has 10 heteroatoms. The van der Waals surface area contributed by atoms with E-state index >= 15 is 0 Å². The first-order chi connectivity index (χ1) is 25.0. The lowest BCUT2D eigenvalue weighted by molar-refractivity contribution is -0.201. The van der Waals surface area contributed by atoms with Crippen molar-refractivity contribution in [3.8, 4) is 11.1 Å². The second-order valence-electron chi connectivity index (χ2n) is 15.9. The van der Waals surface area contributed by atoms with Crippen molar-refractivity contribution >= 4 is 23.6 Å². The number of allylic oxidation sites excluding steroid dienone is 4. The van der Waals surface area contributed by atoms with Crippen molar-refractivity contribution in [1.29, 1.82) is 0 Å². The monoisotopic (exact) mass is 709 g/mol. The van der Waals surface area contributed by atoms with Crippen molar-refractivity contribution in [1.82, 2.24) is 5.32 Å². The Labute approximate surface area is 303 Å².